The Hall–Kier alpha value is -1.16. The van der Waals surface area contributed by atoms with Crippen LogP contribution < -0.4 is 5.32 Å². The molecule has 4 rings (SSSR count). The molecule has 158 valence electrons. The number of nitrogens with one attached hydrogen (secondary N) is 1. The van der Waals surface area contributed by atoms with Gasteiger partial charge in [-0.3, -0.25) is 4.79 Å². The van der Waals surface area contributed by atoms with E-state index < -0.39 is 10.0 Å². The Morgan fingerprint density at radius 1 is 1.14 bits per heavy atom. The largest absolute Gasteiger partial charge is 0.360 e. The predicted octanol–water partition coefficient (Wildman–Crippen LogP) is 1.47. The predicted molar refractivity (Wildman–Crippen MR) is 106 cm³/mol. The van der Waals surface area contributed by atoms with Crippen LogP contribution in [0.1, 0.15) is 43.6 Å². The number of hydrogen-bond donors (Lipinski definition) is 1. The highest BCUT2D eigenvalue weighted by molar-refractivity contribution is 7.89. The zero-order chi connectivity index (χ0) is 19.2. The SMILES string of the molecule is Cc1noc(C)c1S(=O)(=O)N1CCN(C(=O)C2CC3CCCCC3N2)CC1.Cl. The minimum absolute atomic E-state index is 0. The van der Waals surface area contributed by atoms with Gasteiger partial charge in [-0.05, 0) is 39.0 Å². The van der Waals surface area contributed by atoms with Crippen LogP contribution in [-0.4, -0.2) is 66.9 Å². The lowest BCUT2D eigenvalue weighted by Gasteiger charge is -2.35. The van der Waals surface area contributed by atoms with E-state index in [4.69, 9.17) is 4.52 Å². The molecule has 3 heterocycles. The minimum atomic E-state index is -3.64. The molecule has 10 heteroatoms. The number of piperazine rings is 1. The quantitative estimate of drug-likeness (QED) is 0.776. The lowest BCUT2D eigenvalue weighted by Crippen LogP contribution is -2.54. The number of halogens is 1. The first-order valence-electron chi connectivity index (χ1n) is 9.86. The van der Waals surface area contributed by atoms with E-state index in [1.807, 2.05) is 4.90 Å². The molecule has 0 radical (unpaired) electrons. The molecule has 2 aliphatic heterocycles. The van der Waals surface area contributed by atoms with Crippen LogP contribution in [0.2, 0.25) is 0 Å². The van der Waals surface area contributed by atoms with Gasteiger partial charge in [0.05, 0.1) is 6.04 Å². The number of sulfonamides is 1. The fourth-order valence-electron chi connectivity index (χ4n) is 4.85. The lowest BCUT2D eigenvalue weighted by molar-refractivity contribution is -0.134. The normalized spacial score (nSPS) is 28.6. The third-order valence-corrected chi connectivity index (χ3v) is 8.42. The summed E-state index contributed by atoms with van der Waals surface area (Å²) in [5.74, 6) is 1.05. The summed E-state index contributed by atoms with van der Waals surface area (Å²) in [7, 11) is -3.64. The number of amides is 1. The molecule has 1 aromatic heterocycles. The Morgan fingerprint density at radius 2 is 1.82 bits per heavy atom. The zero-order valence-corrected chi connectivity index (χ0v) is 18.0. The highest BCUT2D eigenvalue weighted by Crippen LogP contribution is 2.34. The van der Waals surface area contributed by atoms with Gasteiger partial charge in [-0.15, -0.1) is 12.4 Å². The maximum absolute atomic E-state index is 12.9. The number of carbonyl (C=O) groups excluding carboxylic acids is 1. The maximum atomic E-state index is 12.9. The summed E-state index contributed by atoms with van der Waals surface area (Å²) in [6, 6.07) is 0.373. The summed E-state index contributed by atoms with van der Waals surface area (Å²) >= 11 is 0. The van der Waals surface area contributed by atoms with Crippen LogP contribution >= 0.6 is 12.4 Å². The highest BCUT2D eigenvalue weighted by atomic mass is 35.5. The van der Waals surface area contributed by atoms with Gasteiger partial charge in [0.2, 0.25) is 15.9 Å². The molecule has 28 heavy (non-hydrogen) atoms. The maximum Gasteiger partial charge on any atom is 0.248 e. The summed E-state index contributed by atoms with van der Waals surface area (Å²) in [4.78, 5) is 14.9. The van der Waals surface area contributed by atoms with Crippen molar-refractivity contribution in [1.82, 2.24) is 19.7 Å². The molecule has 3 atom stereocenters. The lowest BCUT2D eigenvalue weighted by atomic mass is 9.85. The molecule has 1 aliphatic carbocycles. The van der Waals surface area contributed by atoms with E-state index in [0.29, 0.717) is 49.6 Å². The Labute approximate surface area is 172 Å². The van der Waals surface area contributed by atoms with Gasteiger partial charge in [0.15, 0.2) is 5.76 Å². The van der Waals surface area contributed by atoms with E-state index in [-0.39, 0.29) is 29.3 Å². The van der Waals surface area contributed by atoms with Gasteiger partial charge in [0.1, 0.15) is 10.6 Å². The van der Waals surface area contributed by atoms with Crippen LogP contribution in [0.3, 0.4) is 0 Å². The number of rotatable bonds is 3. The average molecular weight is 433 g/mol. The van der Waals surface area contributed by atoms with Crippen LogP contribution in [0.5, 0.6) is 0 Å². The van der Waals surface area contributed by atoms with Gasteiger partial charge in [-0.1, -0.05) is 18.0 Å². The fraction of sp³-hybridized carbons (Fsp3) is 0.778. The molecule has 0 aromatic carbocycles. The van der Waals surface area contributed by atoms with E-state index in [1.165, 1.54) is 23.6 Å². The van der Waals surface area contributed by atoms with Crippen LogP contribution in [0.25, 0.3) is 0 Å². The van der Waals surface area contributed by atoms with Gasteiger partial charge < -0.3 is 14.7 Å². The topological polar surface area (TPSA) is 95.8 Å². The van der Waals surface area contributed by atoms with Crippen molar-refractivity contribution in [2.45, 2.75) is 62.9 Å². The second kappa shape index (κ2) is 8.30. The summed E-state index contributed by atoms with van der Waals surface area (Å²) in [6.45, 7) is 4.70. The highest BCUT2D eigenvalue weighted by Gasteiger charge is 2.41. The van der Waals surface area contributed by atoms with E-state index >= 15 is 0 Å². The van der Waals surface area contributed by atoms with E-state index in [0.717, 1.165) is 12.8 Å². The Kier molecular flexibility index (Phi) is 6.38. The van der Waals surface area contributed by atoms with Crippen molar-refractivity contribution >= 4 is 28.3 Å². The molecule has 3 fully saturated rings. The average Bonchev–Trinajstić information content (AvgIpc) is 3.24. The third-order valence-electron chi connectivity index (χ3n) is 6.28. The Bertz CT molecular complexity index is 786. The molecule has 1 amide bonds. The van der Waals surface area contributed by atoms with Crippen molar-refractivity contribution in [2.24, 2.45) is 5.92 Å². The molecule has 0 spiro atoms. The molecular weight excluding hydrogens is 404 g/mol. The number of hydrogen-bond acceptors (Lipinski definition) is 6. The molecule has 3 unspecified atom stereocenters. The summed E-state index contributed by atoms with van der Waals surface area (Å²) in [5, 5.41) is 7.28. The van der Waals surface area contributed by atoms with Crippen LogP contribution in [0, 0.1) is 19.8 Å². The molecular formula is C18H29ClN4O4S. The molecule has 1 N–H and O–H groups in total. The zero-order valence-electron chi connectivity index (χ0n) is 16.4. The first kappa shape index (κ1) is 21.5. The third kappa shape index (κ3) is 3.81. The van der Waals surface area contributed by atoms with E-state index in [2.05, 4.69) is 10.5 Å². The Balaban J connectivity index is 0.00000225. The Morgan fingerprint density at radius 3 is 2.43 bits per heavy atom. The second-order valence-corrected chi connectivity index (χ2v) is 9.86. The molecule has 3 aliphatic rings. The van der Waals surface area contributed by atoms with Crippen LogP contribution in [0.15, 0.2) is 9.42 Å². The molecule has 1 saturated carbocycles. The summed E-state index contributed by atoms with van der Waals surface area (Å²) < 4.78 is 32.3. The van der Waals surface area contributed by atoms with Gasteiger partial charge in [0.25, 0.3) is 0 Å². The standard InChI is InChI=1S/C18H28N4O4S.ClH/c1-12-17(13(2)26-20-12)27(24,25)22-9-7-21(8-10-22)18(23)16-11-14-5-3-4-6-15(14)19-16;/h14-16,19H,3-11H2,1-2H3;1H. The molecule has 8 nitrogen and oxygen atoms in total. The number of aromatic nitrogens is 1. The summed E-state index contributed by atoms with van der Waals surface area (Å²) in [5.41, 5.74) is 0.378. The van der Waals surface area contributed by atoms with Crippen molar-refractivity contribution in [3.63, 3.8) is 0 Å². The van der Waals surface area contributed by atoms with E-state index in [1.54, 1.807) is 13.8 Å². The first-order valence-corrected chi connectivity index (χ1v) is 11.3. The first-order chi connectivity index (χ1) is 12.9. The second-order valence-electron chi connectivity index (χ2n) is 7.99. The van der Waals surface area contributed by atoms with Crippen molar-refractivity contribution in [2.75, 3.05) is 26.2 Å². The van der Waals surface area contributed by atoms with Gasteiger partial charge in [-0.2, -0.15) is 4.31 Å². The molecule has 2 saturated heterocycles. The van der Waals surface area contributed by atoms with Crippen molar-refractivity contribution in [3.05, 3.63) is 11.5 Å². The number of nitrogens with zero attached hydrogens (tertiary/aromatic N) is 3. The van der Waals surface area contributed by atoms with Gasteiger partial charge in [0, 0.05) is 32.2 Å². The number of fused-ring (bicyclic) bond motifs is 1. The number of carbonyl (C=O) groups is 1. The van der Waals surface area contributed by atoms with Gasteiger partial charge >= 0.3 is 0 Å². The van der Waals surface area contributed by atoms with E-state index in [9.17, 15) is 13.2 Å². The van der Waals surface area contributed by atoms with Crippen LogP contribution in [-0.2, 0) is 14.8 Å². The monoisotopic (exact) mass is 432 g/mol. The van der Waals surface area contributed by atoms with Crippen LogP contribution in [0.4, 0.5) is 0 Å². The minimum Gasteiger partial charge on any atom is -0.360 e. The van der Waals surface area contributed by atoms with Crippen molar-refractivity contribution in [3.8, 4) is 0 Å². The van der Waals surface area contributed by atoms with Crippen molar-refractivity contribution < 1.29 is 17.7 Å². The molecule has 1 aromatic rings. The smallest absolute Gasteiger partial charge is 0.248 e. The molecule has 0 bridgehead atoms. The summed E-state index contributed by atoms with van der Waals surface area (Å²) in [6.07, 6.45) is 5.80. The number of aryl methyl sites for hydroxylation is 2. The fourth-order valence-corrected chi connectivity index (χ4v) is 6.57. The van der Waals surface area contributed by atoms with Gasteiger partial charge in [-0.25, -0.2) is 8.42 Å². The van der Waals surface area contributed by atoms with Crippen molar-refractivity contribution in [1.29, 1.82) is 0 Å².